The molecule has 0 aromatic heterocycles. The van der Waals surface area contributed by atoms with Crippen LogP contribution in [0, 0.1) is 0 Å². The molecule has 2 aliphatic rings. The molecule has 2 fully saturated rings. The van der Waals surface area contributed by atoms with E-state index < -0.39 is 10.0 Å². The van der Waals surface area contributed by atoms with E-state index in [2.05, 4.69) is 20.3 Å². The number of aliphatic imine (C=N–C) groups is 1. The lowest BCUT2D eigenvalue weighted by Crippen LogP contribution is -2.50. The van der Waals surface area contributed by atoms with E-state index in [1.54, 1.807) is 18.9 Å². The van der Waals surface area contributed by atoms with Crippen LogP contribution in [-0.2, 0) is 19.5 Å². The number of amides is 1. The number of carbonyl (C=O) groups excluding carboxylic acids is 1. The molecule has 1 unspecified atom stereocenters. The van der Waals surface area contributed by atoms with E-state index >= 15 is 0 Å². The molecule has 30 heavy (non-hydrogen) atoms. The topological polar surface area (TPSA) is 121 Å². The summed E-state index contributed by atoms with van der Waals surface area (Å²) in [4.78, 5) is 17.6. The first kappa shape index (κ1) is 27.2. The molecule has 0 aromatic carbocycles. The highest BCUT2D eigenvalue weighted by Crippen LogP contribution is 2.12. The smallest absolute Gasteiger partial charge is 0.409 e. The summed E-state index contributed by atoms with van der Waals surface area (Å²) in [6.45, 7) is 4.69. The van der Waals surface area contributed by atoms with Crippen LogP contribution in [0.25, 0.3) is 0 Å². The Morgan fingerprint density at radius 3 is 2.57 bits per heavy atom. The molecule has 2 aliphatic heterocycles. The molecule has 10 nitrogen and oxygen atoms in total. The number of nitrogens with zero attached hydrogens (tertiary/aromatic N) is 2. The average Bonchev–Trinajstić information content (AvgIpc) is 2.73. The van der Waals surface area contributed by atoms with E-state index in [1.807, 2.05) is 0 Å². The number of ether oxygens (including phenoxy) is 2. The highest BCUT2D eigenvalue weighted by atomic mass is 127. The number of rotatable bonds is 8. The van der Waals surface area contributed by atoms with Crippen LogP contribution in [0.5, 0.6) is 0 Å². The molecule has 12 heteroatoms. The summed E-state index contributed by atoms with van der Waals surface area (Å²) in [6, 6.07) is 0.171. The number of sulfonamides is 1. The fraction of sp³-hybridized carbons (Fsp3) is 0.889. The predicted octanol–water partition coefficient (Wildman–Crippen LogP) is 0.879. The maximum absolute atomic E-state index is 12.2. The van der Waals surface area contributed by atoms with Gasteiger partial charge in [0.1, 0.15) is 0 Å². The second kappa shape index (κ2) is 14.2. The van der Waals surface area contributed by atoms with Crippen molar-refractivity contribution in [2.24, 2.45) is 4.99 Å². The highest BCUT2D eigenvalue weighted by Gasteiger charge is 2.24. The van der Waals surface area contributed by atoms with Gasteiger partial charge in [-0.15, -0.1) is 24.0 Å². The van der Waals surface area contributed by atoms with Crippen molar-refractivity contribution in [3.8, 4) is 0 Å². The minimum Gasteiger partial charge on any atom is -0.450 e. The molecule has 0 spiro atoms. The van der Waals surface area contributed by atoms with Gasteiger partial charge in [0, 0.05) is 45.9 Å². The first-order valence-corrected chi connectivity index (χ1v) is 12.1. The van der Waals surface area contributed by atoms with Gasteiger partial charge >= 0.3 is 6.09 Å². The summed E-state index contributed by atoms with van der Waals surface area (Å²) < 4.78 is 37.5. The summed E-state index contributed by atoms with van der Waals surface area (Å²) in [5.74, 6) is 0.521. The zero-order valence-electron chi connectivity index (χ0n) is 17.9. The average molecular weight is 561 g/mol. The van der Waals surface area contributed by atoms with Crippen LogP contribution < -0.4 is 15.4 Å². The predicted molar refractivity (Wildman–Crippen MR) is 127 cm³/mol. The monoisotopic (exact) mass is 561 g/mol. The van der Waals surface area contributed by atoms with Crippen LogP contribution in [0.3, 0.4) is 0 Å². The number of likely N-dealkylation sites (tertiary alicyclic amines) is 1. The molecule has 0 aromatic rings. The zero-order valence-corrected chi connectivity index (χ0v) is 21.0. The first-order valence-electron chi connectivity index (χ1n) is 10.4. The minimum atomic E-state index is -3.37. The number of halogens is 1. The summed E-state index contributed by atoms with van der Waals surface area (Å²) >= 11 is 0. The second-order valence-corrected chi connectivity index (χ2v) is 9.19. The molecule has 0 aliphatic carbocycles. The fourth-order valence-corrected chi connectivity index (χ4v) is 4.33. The van der Waals surface area contributed by atoms with Crippen molar-refractivity contribution in [3.63, 3.8) is 0 Å². The van der Waals surface area contributed by atoms with Crippen molar-refractivity contribution in [2.45, 2.75) is 51.2 Å². The van der Waals surface area contributed by atoms with E-state index in [4.69, 9.17) is 9.47 Å². The Bertz CT molecular complexity index is 635. The third-order valence-electron chi connectivity index (χ3n) is 5.05. The van der Waals surface area contributed by atoms with Crippen LogP contribution in [0.2, 0.25) is 0 Å². The van der Waals surface area contributed by atoms with Gasteiger partial charge in [-0.05, 0) is 39.0 Å². The molecular formula is C18H36IN5O5S. The molecule has 176 valence electrons. The van der Waals surface area contributed by atoms with Crippen molar-refractivity contribution in [2.75, 3.05) is 52.2 Å². The Balaban J connectivity index is 0.00000450. The summed E-state index contributed by atoms with van der Waals surface area (Å²) in [6.07, 6.45) is 4.27. The SMILES string of the molecule is CCOC(=O)N1CCC(NC(=NC)NCCS(=O)(=O)NCC2CCCCO2)CC1.I. The van der Waals surface area contributed by atoms with Gasteiger partial charge in [0.25, 0.3) is 0 Å². The van der Waals surface area contributed by atoms with Crippen molar-refractivity contribution < 1.29 is 22.7 Å². The van der Waals surface area contributed by atoms with E-state index in [1.165, 1.54) is 0 Å². The van der Waals surface area contributed by atoms with Gasteiger partial charge in [0.15, 0.2) is 5.96 Å². The number of hydrogen-bond donors (Lipinski definition) is 3. The van der Waals surface area contributed by atoms with E-state index in [0.717, 1.165) is 32.1 Å². The summed E-state index contributed by atoms with van der Waals surface area (Å²) in [5.41, 5.74) is 0. The normalized spacial score (nSPS) is 20.9. The van der Waals surface area contributed by atoms with Gasteiger partial charge in [0.05, 0.1) is 18.5 Å². The number of guanidine groups is 1. The quantitative estimate of drug-likeness (QED) is 0.229. The molecule has 2 rings (SSSR count). The number of piperidine rings is 1. The van der Waals surface area contributed by atoms with Crippen LogP contribution in [-0.4, -0.2) is 89.7 Å². The molecule has 0 saturated carbocycles. The van der Waals surface area contributed by atoms with Crippen molar-refractivity contribution in [1.82, 2.24) is 20.3 Å². The van der Waals surface area contributed by atoms with Crippen molar-refractivity contribution >= 4 is 46.1 Å². The third-order valence-corrected chi connectivity index (χ3v) is 6.40. The van der Waals surface area contributed by atoms with E-state index in [-0.39, 0.29) is 54.5 Å². The zero-order chi connectivity index (χ0) is 21.1. The van der Waals surface area contributed by atoms with Crippen molar-refractivity contribution in [3.05, 3.63) is 0 Å². The Morgan fingerprint density at radius 2 is 1.97 bits per heavy atom. The highest BCUT2D eigenvalue weighted by molar-refractivity contribution is 14.0. The first-order chi connectivity index (χ1) is 13.9. The van der Waals surface area contributed by atoms with Gasteiger partial charge in [-0.25, -0.2) is 17.9 Å². The Labute approximate surface area is 197 Å². The number of nitrogens with one attached hydrogen (secondary N) is 3. The van der Waals surface area contributed by atoms with E-state index in [9.17, 15) is 13.2 Å². The van der Waals surface area contributed by atoms with Crippen LogP contribution in [0.1, 0.15) is 39.0 Å². The summed E-state index contributed by atoms with van der Waals surface area (Å²) in [5, 5.41) is 6.34. The minimum absolute atomic E-state index is 0. The molecule has 2 saturated heterocycles. The lowest BCUT2D eigenvalue weighted by Gasteiger charge is -2.32. The maximum Gasteiger partial charge on any atom is 0.409 e. The third kappa shape index (κ3) is 9.96. The lowest BCUT2D eigenvalue weighted by atomic mass is 10.1. The molecule has 1 amide bonds. The van der Waals surface area contributed by atoms with Gasteiger partial charge in [-0.3, -0.25) is 4.99 Å². The molecule has 0 radical (unpaired) electrons. The fourth-order valence-electron chi connectivity index (χ4n) is 3.37. The van der Waals surface area contributed by atoms with Gasteiger partial charge in [0.2, 0.25) is 10.0 Å². The van der Waals surface area contributed by atoms with Gasteiger partial charge in [-0.2, -0.15) is 0 Å². The van der Waals surface area contributed by atoms with Crippen LogP contribution in [0.4, 0.5) is 4.79 Å². The van der Waals surface area contributed by atoms with Crippen LogP contribution >= 0.6 is 24.0 Å². The second-order valence-electron chi connectivity index (χ2n) is 7.26. The summed E-state index contributed by atoms with van der Waals surface area (Å²) in [7, 11) is -1.72. The van der Waals surface area contributed by atoms with Crippen molar-refractivity contribution in [1.29, 1.82) is 0 Å². The molecule has 0 bridgehead atoms. The standard InChI is InChI=1S/C18H35N5O5S.HI/c1-3-27-18(24)23-10-7-15(8-11-23)22-17(19-2)20-9-13-29(25,26)21-14-16-6-4-5-12-28-16;/h15-16,21H,3-14H2,1-2H3,(H2,19,20,22);1H. The Kier molecular flexibility index (Phi) is 12.9. The van der Waals surface area contributed by atoms with Gasteiger partial charge in [-0.1, -0.05) is 0 Å². The molecule has 3 N–H and O–H groups in total. The molecule has 2 heterocycles. The van der Waals surface area contributed by atoms with Crippen LogP contribution in [0.15, 0.2) is 4.99 Å². The molecular weight excluding hydrogens is 525 g/mol. The number of hydrogen-bond acceptors (Lipinski definition) is 6. The number of carbonyl (C=O) groups is 1. The Hall–Kier alpha value is -0.860. The maximum atomic E-state index is 12.2. The Morgan fingerprint density at radius 1 is 1.23 bits per heavy atom. The lowest BCUT2D eigenvalue weighted by molar-refractivity contribution is 0.0200. The van der Waals surface area contributed by atoms with Gasteiger partial charge < -0.3 is 25.0 Å². The largest absolute Gasteiger partial charge is 0.450 e. The molecule has 1 atom stereocenters. The van der Waals surface area contributed by atoms with E-state index in [0.29, 0.717) is 38.8 Å².